The molecule has 3 rings (SSSR count). The predicted octanol–water partition coefficient (Wildman–Crippen LogP) is 5.94. The van der Waals surface area contributed by atoms with Crippen LogP contribution >= 0.6 is 23.2 Å². The third-order valence-electron chi connectivity index (χ3n) is 6.06. The standard InChI is InChI=1S/C26H32Cl2N2O3/c1-3-23(26(32)29-21-7-5-4-6-8-21)30(16-19-11-9-18(2)10-12-19)25(31)17-33-24-14-13-20(27)15-22(24)28/h9-15,21,23H,3-8,16-17H2,1-2H3,(H,29,32)/t23-/m0/s1. The molecule has 1 atom stereocenters. The van der Waals surface area contributed by atoms with Gasteiger partial charge in [-0.3, -0.25) is 9.59 Å². The first kappa shape index (κ1) is 25.4. The van der Waals surface area contributed by atoms with E-state index in [0.29, 0.717) is 28.8 Å². The van der Waals surface area contributed by atoms with Crippen LogP contribution in [0.25, 0.3) is 0 Å². The Kier molecular flexibility index (Phi) is 9.45. The van der Waals surface area contributed by atoms with Crippen molar-refractivity contribution in [2.45, 2.75) is 71.0 Å². The molecule has 0 spiro atoms. The molecular weight excluding hydrogens is 459 g/mol. The van der Waals surface area contributed by atoms with Gasteiger partial charge in [0.2, 0.25) is 5.91 Å². The first-order valence-corrected chi connectivity index (χ1v) is 12.4. The number of nitrogens with one attached hydrogen (secondary N) is 1. The van der Waals surface area contributed by atoms with E-state index in [-0.39, 0.29) is 24.5 Å². The fourth-order valence-corrected chi connectivity index (χ4v) is 4.63. The number of halogens is 2. The van der Waals surface area contributed by atoms with Crippen LogP contribution in [0.3, 0.4) is 0 Å². The van der Waals surface area contributed by atoms with Crippen molar-refractivity contribution in [2.75, 3.05) is 6.61 Å². The zero-order valence-corrected chi connectivity index (χ0v) is 20.8. The van der Waals surface area contributed by atoms with Gasteiger partial charge in [-0.25, -0.2) is 0 Å². The Hall–Kier alpha value is -2.24. The predicted molar refractivity (Wildman–Crippen MR) is 133 cm³/mol. The second-order valence-corrected chi connectivity index (χ2v) is 9.48. The van der Waals surface area contributed by atoms with Crippen molar-refractivity contribution in [3.8, 4) is 5.75 Å². The lowest BCUT2D eigenvalue weighted by Crippen LogP contribution is -2.52. The minimum atomic E-state index is -0.579. The van der Waals surface area contributed by atoms with E-state index in [2.05, 4.69) is 5.32 Å². The summed E-state index contributed by atoms with van der Waals surface area (Å²) >= 11 is 12.1. The molecule has 1 aliphatic carbocycles. The molecule has 5 nitrogen and oxygen atoms in total. The molecule has 0 saturated heterocycles. The maximum absolute atomic E-state index is 13.3. The van der Waals surface area contributed by atoms with E-state index >= 15 is 0 Å². The van der Waals surface area contributed by atoms with Crippen LogP contribution in [0.2, 0.25) is 10.0 Å². The normalized spacial score (nSPS) is 15.0. The lowest BCUT2D eigenvalue weighted by molar-refractivity contribution is -0.143. The van der Waals surface area contributed by atoms with Gasteiger partial charge in [-0.15, -0.1) is 0 Å². The summed E-state index contributed by atoms with van der Waals surface area (Å²) in [7, 11) is 0. The average Bonchev–Trinajstić information content (AvgIpc) is 2.80. The van der Waals surface area contributed by atoms with Gasteiger partial charge in [0, 0.05) is 17.6 Å². The van der Waals surface area contributed by atoms with Crippen molar-refractivity contribution in [1.29, 1.82) is 0 Å². The zero-order valence-electron chi connectivity index (χ0n) is 19.3. The van der Waals surface area contributed by atoms with Crippen LogP contribution in [0.4, 0.5) is 0 Å². The van der Waals surface area contributed by atoms with Crippen molar-refractivity contribution in [2.24, 2.45) is 0 Å². The number of nitrogens with zero attached hydrogens (tertiary/aromatic N) is 1. The molecule has 0 radical (unpaired) electrons. The van der Waals surface area contributed by atoms with E-state index < -0.39 is 6.04 Å². The summed E-state index contributed by atoms with van der Waals surface area (Å²) in [5.41, 5.74) is 2.10. The van der Waals surface area contributed by atoms with E-state index in [9.17, 15) is 9.59 Å². The molecule has 7 heteroatoms. The van der Waals surface area contributed by atoms with Gasteiger partial charge in [0.15, 0.2) is 6.61 Å². The highest BCUT2D eigenvalue weighted by Crippen LogP contribution is 2.27. The Morgan fingerprint density at radius 3 is 2.42 bits per heavy atom. The Morgan fingerprint density at radius 2 is 1.79 bits per heavy atom. The number of aryl methyl sites for hydroxylation is 1. The summed E-state index contributed by atoms with van der Waals surface area (Å²) in [5.74, 6) is 0.00558. The number of benzene rings is 2. The van der Waals surface area contributed by atoms with Crippen molar-refractivity contribution in [3.63, 3.8) is 0 Å². The highest BCUT2D eigenvalue weighted by atomic mass is 35.5. The monoisotopic (exact) mass is 490 g/mol. The van der Waals surface area contributed by atoms with E-state index in [1.54, 1.807) is 23.1 Å². The van der Waals surface area contributed by atoms with E-state index in [0.717, 1.165) is 36.8 Å². The summed E-state index contributed by atoms with van der Waals surface area (Å²) < 4.78 is 5.70. The molecule has 1 aliphatic rings. The van der Waals surface area contributed by atoms with Crippen molar-refractivity contribution < 1.29 is 14.3 Å². The Balaban J connectivity index is 1.76. The quantitative estimate of drug-likeness (QED) is 0.473. The van der Waals surface area contributed by atoms with Gasteiger partial charge in [-0.1, -0.05) is 79.2 Å². The Morgan fingerprint density at radius 1 is 1.09 bits per heavy atom. The molecule has 0 aromatic heterocycles. The smallest absolute Gasteiger partial charge is 0.261 e. The molecule has 178 valence electrons. The summed E-state index contributed by atoms with van der Waals surface area (Å²) in [5, 5.41) is 4.01. The number of amides is 2. The van der Waals surface area contributed by atoms with Gasteiger partial charge in [-0.05, 0) is 49.9 Å². The van der Waals surface area contributed by atoms with Crippen LogP contribution < -0.4 is 10.1 Å². The van der Waals surface area contributed by atoms with E-state index in [4.69, 9.17) is 27.9 Å². The first-order valence-electron chi connectivity index (χ1n) is 11.6. The van der Waals surface area contributed by atoms with Crippen LogP contribution in [0, 0.1) is 6.92 Å². The number of carbonyl (C=O) groups is 2. The topological polar surface area (TPSA) is 58.6 Å². The Labute approximate surface area is 206 Å². The highest BCUT2D eigenvalue weighted by Gasteiger charge is 2.30. The summed E-state index contributed by atoms with van der Waals surface area (Å²) in [6, 6.07) is 12.4. The number of rotatable bonds is 9. The summed E-state index contributed by atoms with van der Waals surface area (Å²) in [4.78, 5) is 28.1. The third-order valence-corrected chi connectivity index (χ3v) is 6.59. The largest absolute Gasteiger partial charge is 0.482 e. The van der Waals surface area contributed by atoms with Crippen LogP contribution in [-0.4, -0.2) is 35.4 Å². The minimum absolute atomic E-state index is 0.102. The second kappa shape index (κ2) is 12.3. The SMILES string of the molecule is CC[C@@H](C(=O)NC1CCCCC1)N(Cc1ccc(C)cc1)C(=O)COc1ccc(Cl)cc1Cl. The fourth-order valence-electron chi connectivity index (χ4n) is 4.17. The van der Waals surface area contributed by atoms with Gasteiger partial charge in [-0.2, -0.15) is 0 Å². The Bertz CT molecular complexity index is 943. The molecule has 33 heavy (non-hydrogen) atoms. The van der Waals surface area contributed by atoms with Crippen molar-refractivity contribution in [1.82, 2.24) is 10.2 Å². The van der Waals surface area contributed by atoms with Crippen LogP contribution in [0.5, 0.6) is 5.75 Å². The second-order valence-electron chi connectivity index (χ2n) is 8.64. The lowest BCUT2D eigenvalue weighted by Gasteiger charge is -2.32. The zero-order chi connectivity index (χ0) is 23.8. The molecule has 0 bridgehead atoms. The van der Waals surface area contributed by atoms with E-state index in [1.807, 2.05) is 38.1 Å². The molecule has 1 saturated carbocycles. The van der Waals surface area contributed by atoms with Crippen molar-refractivity contribution in [3.05, 3.63) is 63.6 Å². The molecule has 2 aromatic carbocycles. The molecule has 2 amide bonds. The maximum Gasteiger partial charge on any atom is 0.261 e. The molecule has 0 aliphatic heterocycles. The number of carbonyl (C=O) groups excluding carboxylic acids is 2. The molecular formula is C26H32Cl2N2O3. The average molecular weight is 491 g/mol. The lowest BCUT2D eigenvalue weighted by atomic mass is 9.95. The van der Waals surface area contributed by atoms with Crippen molar-refractivity contribution >= 4 is 35.0 Å². The van der Waals surface area contributed by atoms with Crippen LogP contribution in [0.15, 0.2) is 42.5 Å². The number of ether oxygens (including phenoxy) is 1. The highest BCUT2D eigenvalue weighted by molar-refractivity contribution is 6.35. The summed E-state index contributed by atoms with van der Waals surface area (Å²) in [6.45, 7) is 4.05. The number of hydrogen-bond donors (Lipinski definition) is 1. The van der Waals surface area contributed by atoms with Gasteiger partial charge in [0.25, 0.3) is 5.91 Å². The van der Waals surface area contributed by atoms with Crippen LogP contribution in [-0.2, 0) is 16.1 Å². The van der Waals surface area contributed by atoms with Crippen LogP contribution in [0.1, 0.15) is 56.6 Å². The molecule has 1 N–H and O–H groups in total. The molecule has 0 unspecified atom stereocenters. The number of hydrogen-bond acceptors (Lipinski definition) is 3. The maximum atomic E-state index is 13.3. The van der Waals surface area contributed by atoms with E-state index in [1.165, 1.54) is 6.42 Å². The molecule has 1 fully saturated rings. The van der Waals surface area contributed by atoms with Gasteiger partial charge in [0.1, 0.15) is 11.8 Å². The molecule has 2 aromatic rings. The summed E-state index contributed by atoms with van der Waals surface area (Å²) in [6.07, 6.45) is 5.97. The molecule has 0 heterocycles. The van der Waals surface area contributed by atoms with Gasteiger partial charge < -0.3 is 15.0 Å². The van der Waals surface area contributed by atoms with Gasteiger partial charge >= 0.3 is 0 Å². The third kappa shape index (κ3) is 7.38. The van der Waals surface area contributed by atoms with Gasteiger partial charge in [0.05, 0.1) is 5.02 Å². The first-order chi connectivity index (χ1) is 15.9. The minimum Gasteiger partial charge on any atom is -0.482 e. The fraction of sp³-hybridized carbons (Fsp3) is 0.462.